The lowest BCUT2D eigenvalue weighted by Crippen LogP contribution is -2.40. The number of aliphatic hydroxyl groups is 1. The van der Waals surface area contributed by atoms with Gasteiger partial charge in [0, 0.05) is 5.54 Å². The first kappa shape index (κ1) is 19.1. The number of aromatic nitrogens is 1. The molecular formula is C23H32N2OS. The second-order valence-electron chi connectivity index (χ2n) is 9.82. The van der Waals surface area contributed by atoms with Crippen LogP contribution in [0.4, 0.5) is 0 Å². The Morgan fingerprint density at radius 1 is 1.30 bits per heavy atom. The first-order valence-corrected chi connectivity index (χ1v) is 11.1. The maximum absolute atomic E-state index is 9.56. The molecule has 27 heavy (non-hydrogen) atoms. The Hall–Kier alpha value is -1.23. The Bertz CT molecular complexity index is 835. The molecule has 3 N–H and O–H groups in total. The van der Waals surface area contributed by atoms with E-state index in [0.717, 1.165) is 38.5 Å². The molecule has 2 aromatic rings. The van der Waals surface area contributed by atoms with Gasteiger partial charge in [0.2, 0.25) is 0 Å². The monoisotopic (exact) mass is 384 g/mol. The van der Waals surface area contributed by atoms with E-state index in [4.69, 9.17) is 10.7 Å². The predicted octanol–water partition coefficient (Wildman–Crippen LogP) is 4.84. The summed E-state index contributed by atoms with van der Waals surface area (Å²) < 4.78 is 0. The summed E-state index contributed by atoms with van der Waals surface area (Å²) in [5, 5.41) is 10.8. The SMILES string of the molecule is CC(C)(C)CCc1nc2c(s1)-c1ccc([C@H]3CC[C@](N)(CO)C3)cc1CC2. The van der Waals surface area contributed by atoms with Gasteiger partial charge < -0.3 is 10.8 Å². The van der Waals surface area contributed by atoms with E-state index in [1.165, 1.54) is 38.7 Å². The van der Waals surface area contributed by atoms with Gasteiger partial charge in [-0.2, -0.15) is 0 Å². The minimum absolute atomic E-state index is 0.0933. The fraction of sp³-hybridized carbons (Fsp3) is 0.609. The van der Waals surface area contributed by atoms with Crippen LogP contribution in [0.1, 0.15) is 74.2 Å². The zero-order valence-electron chi connectivity index (χ0n) is 16.8. The third kappa shape index (κ3) is 3.98. The van der Waals surface area contributed by atoms with Gasteiger partial charge in [-0.3, -0.25) is 0 Å². The third-order valence-electron chi connectivity index (χ3n) is 6.27. The third-order valence-corrected chi connectivity index (χ3v) is 7.46. The van der Waals surface area contributed by atoms with Gasteiger partial charge in [-0.25, -0.2) is 4.98 Å². The van der Waals surface area contributed by atoms with Crippen LogP contribution in [-0.4, -0.2) is 22.2 Å². The fourth-order valence-electron chi connectivity index (χ4n) is 4.50. The van der Waals surface area contributed by atoms with Crippen molar-refractivity contribution in [3.05, 3.63) is 40.0 Å². The van der Waals surface area contributed by atoms with Crippen LogP contribution >= 0.6 is 11.3 Å². The minimum Gasteiger partial charge on any atom is -0.394 e. The highest BCUT2D eigenvalue weighted by Gasteiger charge is 2.36. The Morgan fingerprint density at radius 3 is 2.81 bits per heavy atom. The summed E-state index contributed by atoms with van der Waals surface area (Å²) in [6, 6.07) is 7.00. The fourth-order valence-corrected chi connectivity index (χ4v) is 5.67. The summed E-state index contributed by atoms with van der Waals surface area (Å²) in [5.41, 5.74) is 11.8. The molecule has 1 aromatic heterocycles. The number of benzene rings is 1. The number of rotatable bonds is 4. The average Bonchev–Trinajstić information content (AvgIpc) is 3.23. The number of nitrogens with two attached hydrogens (primary N) is 1. The molecule has 2 atom stereocenters. The van der Waals surface area contributed by atoms with E-state index < -0.39 is 0 Å². The Labute approximate surface area is 167 Å². The molecule has 0 amide bonds. The Morgan fingerprint density at radius 2 is 2.11 bits per heavy atom. The Balaban J connectivity index is 1.56. The van der Waals surface area contributed by atoms with Crippen LogP contribution in [-0.2, 0) is 19.3 Å². The van der Waals surface area contributed by atoms with E-state index in [2.05, 4.69) is 39.0 Å². The van der Waals surface area contributed by atoms with Crippen molar-refractivity contribution >= 4 is 11.3 Å². The number of hydrogen-bond acceptors (Lipinski definition) is 4. The van der Waals surface area contributed by atoms with Crippen molar-refractivity contribution in [2.45, 2.75) is 77.2 Å². The molecule has 0 unspecified atom stereocenters. The van der Waals surface area contributed by atoms with Crippen LogP contribution in [0.25, 0.3) is 10.4 Å². The molecule has 0 spiro atoms. The van der Waals surface area contributed by atoms with Crippen molar-refractivity contribution in [3.63, 3.8) is 0 Å². The van der Waals surface area contributed by atoms with Gasteiger partial charge in [-0.1, -0.05) is 39.0 Å². The predicted molar refractivity (Wildman–Crippen MR) is 113 cm³/mol. The van der Waals surface area contributed by atoms with Gasteiger partial charge in [0.15, 0.2) is 0 Å². The molecule has 146 valence electrons. The number of aliphatic hydroxyl groups excluding tert-OH is 1. The highest BCUT2D eigenvalue weighted by atomic mass is 32.1. The maximum Gasteiger partial charge on any atom is 0.0934 e. The number of hydrogen-bond donors (Lipinski definition) is 2. The summed E-state index contributed by atoms with van der Waals surface area (Å²) in [5.74, 6) is 0.484. The minimum atomic E-state index is -0.382. The molecule has 1 aromatic carbocycles. The molecular weight excluding hydrogens is 352 g/mol. The van der Waals surface area contributed by atoms with Crippen LogP contribution in [0, 0.1) is 5.41 Å². The summed E-state index contributed by atoms with van der Waals surface area (Å²) in [6.45, 7) is 6.99. The van der Waals surface area contributed by atoms with Crippen molar-refractivity contribution in [1.82, 2.24) is 4.98 Å². The molecule has 3 nitrogen and oxygen atoms in total. The molecule has 1 fully saturated rings. The number of thiazole rings is 1. The first-order valence-electron chi connectivity index (χ1n) is 10.3. The summed E-state index contributed by atoms with van der Waals surface area (Å²) in [4.78, 5) is 6.35. The molecule has 0 aliphatic heterocycles. The number of aryl methyl sites for hydroxylation is 3. The van der Waals surface area contributed by atoms with Crippen molar-refractivity contribution in [1.29, 1.82) is 0 Å². The lowest BCUT2D eigenvalue weighted by molar-refractivity contribution is 0.198. The van der Waals surface area contributed by atoms with Crippen LogP contribution in [0.5, 0.6) is 0 Å². The summed E-state index contributed by atoms with van der Waals surface area (Å²) >= 11 is 1.90. The maximum atomic E-state index is 9.56. The van der Waals surface area contributed by atoms with E-state index in [-0.39, 0.29) is 12.1 Å². The van der Waals surface area contributed by atoms with E-state index in [0.29, 0.717) is 11.3 Å². The molecule has 2 aliphatic carbocycles. The van der Waals surface area contributed by atoms with Gasteiger partial charge in [0.1, 0.15) is 0 Å². The molecule has 4 rings (SSSR count). The molecule has 1 saturated carbocycles. The topological polar surface area (TPSA) is 59.1 Å². The van der Waals surface area contributed by atoms with Crippen molar-refractivity contribution in [2.75, 3.05) is 6.61 Å². The highest BCUT2D eigenvalue weighted by Crippen LogP contribution is 2.43. The largest absolute Gasteiger partial charge is 0.394 e. The first-order chi connectivity index (χ1) is 12.8. The smallest absolute Gasteiger partial charge is 0.0934 e. The number of fused-ring (bicyclic) bond motifs is 3. The molecule has 2 aliphatic rings. The van der Waals surface area contributed by atoms with E-state index in [1.807, 2.05) is 11.3 Å². The standard InChI is InChI=1S/C23H32N2OS/c1-22(2,3)10-9-20-25-19-7-5-16-12-15(4-6-18(16)21(19)27-20)17-8-11-23(24,13-17)14-26/h4,6,12,17,26H,5,7-11,13-14,24H2,1-3H3/t17-,23+/m0/s1. The van der Waals surface area contributed by atoms with Gasteiger partial charge in [-0.15, -0.1) is 11.3 Å². The van der Waals surface area contributed by atoms with Crippen molar-refractivity contribution in [2.24, 2.45) is 11.1 Å². The van der Waals surface area contributed by atoms with Crippen molar-refractivity contribution < 1.29 is 5.11 Å². The Kier molecular flexibility index (Phi) is 4.94. The van der Waals surface area contributed by atoms with E-state index in [1.54, 1.807) is 0 Å². The molecule has 0 radical (unpaired) electrons. The summed E-state index contributed by atoms with van der Waals surface area (Å²) in [7, 11) is 0. The normalized spacial score (nSPS) is 24.7. The zero-order valence-corrected chi connectivity index (χ0v) is 17.7. The molecule has 0 saturated heterocycles. The number of nitrogens with zero attached hydrogens (tertiary/aromatic N) is 1. The van der Waals surface area contributed by atoms with Gasteiger partial charge in [0.25, 0.3) is 0 Å². The van der Waals surface area contributed by atoms with Crippen LogP contribution in [0.3, 0.4) is 0 Å². The van der Waals surface area contributed by atoms with Gasteiger partial charge >= 0.3 is 0 Å². The van der Waals surface area contributed by atoms with E-state index >= 15 is 0 Å². The van der Waals surface area contributed by atoms with Crippen LogP contribution in [0.15, 0.2) is 18.2 Å². The lowest BCUT2D eigenvalue weighted by Gasteiger charge is -2.22. The molecule has 1 heterocycles. The van der Waals surface area contributed by atoms with Gasteiger partial charge in [-0.05, 0) is 73.0 Å². The average molecular weight is 385 g/mol. The van der Waals surface area contributed by atoms with Crippen LogP contribution in [0.2, 0.25) is 0 Å². The van der Waals surface area contributed by atoms with Crippen LogP contribution < -0.4 is 5.73 Å². The van der Waals surface area contributed by atoms with E-state index in [9.17, 15) is 5.11 Å². The molecule has 0 bridgehead atoms. The quantitative estimate of drug-likeness (QED) is 0.792. The van der Waals surface area contributed by atoms with Crippen molar-refractivity contribution in [3.8, 4) is 10.4 Å². The second kappa shape index (κ2) is 6.98. The summed E-state index contributed by atoms with van der Waals surface area (Å²) in [6.07, 6.45) is 7.29. The highest BCUT2D eigenvalue weighted by molar-refractivity contribution is 7.15. The zero-order chi connectivity index (χ0) is 19.2. The second-order valence-corrected chi connectivity index (χ2v) is 10.9. The van der Waals surface area contributed by atoms with Gasteiger partial charge in [0.05, 0.1) is 22.2 Å². The lowest BCUT2D eigenvalue weighted by atomic mass is 9.87. The molecule has 4 heteroatoms.